The van der Waals surface area contributed by atoms with Gasteiger partial charge in [-0.3, -0.25) is 4.98 Å². The molecule has 0 unspecified atom stereocenters. The molecule has 4 heterocycles. The average Bonchev–Trinajstić information content (AvgIpc) is 3.15. The summed E-state index contributed by atoms with van der Waals surface area (Å²) in [7, 11) is 0. The molecule has 1 saturated heterocycles. The Kier molecular flexibility index (Phi) is 4.47. The molecule has 0 amide bonds. The Morgan fingerprint density at radius 1 is 1.23 bits per heavy atom. The molecule has 3 aromatic rings. The van der Waals surface area contributed by atoms with Gasteiger partial charge in [-0.2, -0.15) is 0 Å². The number of nitrogens with zero attached hydrogens (tertiary/aromatic N) is 5. The first-order valence-electron chi connectivity index (χ1n) is 8.81. The minimum atomic E-state index is -0.493. The summed E-state index contributed by atoms with van der Waals surface area (Å²) in [4.78, 5) is 26.9. The SMILES string of the molecule is CCc1cc(N2CCC(c3n[nH]c(=O)o3)CC2)nc(-c2ccncc2)n1. The maximum absolute atomic E-state index is 11.1. The first-order valence-corrected chi connectivity index (χ1v) is 8.81. The number of hydrogen-bond acceptors (Lipinski definition) is 7. The summed E-state index contributed by atoms with van der Waals surface area (Å²) in [5.74, 6) is 1.84. The van der Waals surface area contributed by atoms with E-state index in [9.17, 15) is 4.79 Å². The first kappa shape index (κ1) is 16.4. The molecule has 26 heavy (non-hydrogen) atoms. The van der Waals surface area contributed by atoms with Gasteiger partial charge in [-0.1, -0.05) is 6.92 Å². The van der Waals surface area contributed by atoms with E-state index in [-0.39, 0.29) is 5.92 Å². The van der Waals surface area contributed by atoms with Gasteiger partial charge in [-0.15, -0.1) is 5.10 Å². The summed E-state index contributed by atoms with van der Waals surface area (Å²) in [5, 5.41) is 6.30. The number of aromatic nitrogens is 5. The average molecular weight is 352 g/mol. The van der Waals surface area contributed by atoms with Crippen LogP contribution in [0.5, 0.6) is 0 Å². The fourth-order valence-corrected chi connectivity index (χ4v) is 3.23. The van der Waals surface area contributed by atoms with Crippen molar-refractivity contribution < 1.29 is 4.42 Å². The van der Waals surface area contributed by atoms with Crippen molar-refractivity contribution in [2.45, 2.75) is 32.1 Å². The highest BCUT2D eigenvalue weighted by Crippen LogP contribution is 2.29. The van der Waals surface area contributed by atoms with Crippen LogP contribution in [-0.4, -0.2) is 38.2 Å². The Labute approximate surface area is 150 Å². The molecule has 1 N–H and O–H groups in total. The monoisotopic (exact) mass is 352 g/mol. The first-order chi connectivity index (χ1) is 12.7. The van der Waals surface area contributed by atoms with Gasteiger partial charge in [0.25, 0.3) is 0 Å². The Morgan fingerprint density at radius 3 is 2.65 bits per heavy atom. The Balaban J connectivity index is 1.55. The quantitative estimate of drug-likeness (QED) is 0.768. The van der Waals surface area contributed by atoms with E-state index < -0.39 is 5.76 Å². The van der Waals surface area contributed by atoms with Crippen LogP contribution in [0.25, 0.3) is 11.4 Å². The molecule has 0 radical (unpaired) electrons. The number of pyridine rings is 1. The van der Waals surface area contributed by atoms with E-state index in [4.69, 9.17) is 9.40 Å². The minimum absolute atomic E-state index is 0.164. The number of aryl methyl sites for hydroxylation is 1. The molecule has 8 nitrogen and oxygen atoms in total. The van der Waals surface area contributed by atoms with E-state index in [0.29, 0.717) is 5.89 Å². The number of H-pyrrole nitrogens is 1. The molecule has 0 aliphatic carbocycles. The third-order valence-corrected chi connectivity index (χ3v) is 4.69. The number of nitrogens with one attached hydrogen (secondary N) is 1. The van der Waals surface area contributed by atoms with Gasteiger partial charge in [0, 0.05) is 48.7 Å². The number of piperidine rings is 1. The number of aromatic amines is 1. The Hall–Kier alpha value is -3.03. The van der Waals surface area contributed by atoms with Crippen molar-refractivity contribution in [1.82, 2.24) is 25.1 Å². The third kappa shape index (κ3) is 3.35. The van der Waals surface area contributed by atoms with Crippen LogP contribution < -0.4 is 10.7 Å². The lowest BCUT2D eigenvalue weighted by Crippen LogP contribution is -2.33. The van der Waals surface area contributed by atoms with Crippen molar-refractivity contribution in [2.75, 3.05) is 18.0 Å². The molecule has 1 fully saturated rings. The Bertz CT molecular complexity index is 928. The highest BCUT2D eigenvalue weighted by atomic mass is 16.4. The maximum atomic E-state index is 11.1. The van der Waals surface area contributed by atoms with Crippen LogP contribution >= 0.6 is 0 Å². The van der Waals surface area contributed by atoms with Gasteiger partial charge < -0.3 is 9.32 Å². The van der Waals surface area contributed by atoms with Gasteiger partial charge >= 0.3 is 5.76 Å². The van der Waals surface area contributed by atoms with Crippen LogP contribution in [0.3, 0.4) is 0 Å². The Morgan fingerprint density at radius 2 is 2.00 bits per heavy atom. The third-order valence-electron chi connectivity index (χ3n) is 4.69. The van der Waals surface area contributed by atoms with Crippen molar-refractivity contribution in [3.63, 3.8) is 0 Å². The van der Waals surface area contributed by atoms with E-state index in [1.54, 1.807) is 12.4 Å². The molecule has 134 valence electrons. The number of rotatable bonds is 4. The van der Waals surface area contributed by atoms with Crippen LogP contribution in [0, 0.1) is 0 Å². The van der Waals surface area contributed by atoms with E-state index >= 15 is 0 Å². The van der Waals surface area contributed by atoms with Crippen LogP contribution in [0.4, 0.5) is 5.82 Å². The zero-order chi connectivity index (χ0) is 17.9. The summed E-state index contributed by atoms with van der Waals surface area (Å²) in [6.07, 6.45) is 6.08. The fraction of sp³-hybridized carbons (Fsp3) is 0.389. The molecule has 0 spiro atoms. The zero-order valence-corrected chi connectivity index (χ0v) is 14.6. The van der Waals surface area contributed by atoms with Gasteiger partial charge in [0.15, 0.2) is 5.82 Å². The molecule has 0 aromatic carbocycles. The maximum Gasteiger partial charge on any atom is 0.434 e. The second kappa shape index (κ2) is 7.07. The number of hydrogen-bond donors (Lipinski definition) is 1. The lowest BCUT2D eigenvalue weighted by molar-refractivity contribution is 0.379. The van der Waals surface area contributed by atoms with Crippen molar-refractivity contribution in [1.29, 1.82) is 0 Å². The number of anilines is 1. The predicted octanol–water partition coefficient (Wildman–Crippen LogP) is 2.16. The fourth-order valence-electron chi connectivity index (χ4n) is 3.23. The molecule has 4 rings (SSSR count). The topological polar surface area (TPSA) is 101 Å². The van der Waals surface area contributed by atoms with Gasteiger partial charge in [0.05, 0.1) is 0 Å². The summed E-state index contributed by atoms with van der Waals surface area (Å²) in [6.45, 7) is 3.75. The van der Waals surface area contributed by atoms with Crippen LogP contribution in [0.15, 0.2) is 39.8 Å². The summed E-state index contributed by atoms with van der Waals surface area (Å²) < 4.78 is 5.11. The molecular weight excluding hydrogens is 332 g/mol. The van der Waals surface area contributed by atoms with E-state index in [2.05, 4.69) is 38.1 Å². The second-order valence-corrected chi connectivity index (χ2v) is 6.34. The smallest absolute Gasteiger partial charge is 0.392 e. The molecule has 3 aromatic heterocycles. The molecule has 0 bridgehead atoms. The van der Waals surface area contributed by atoms with Crippen molar-refractivity contribution in [3.05, 3.63) is 52.7 Å². The lowest BCUT2D eigenvalue weighted by Gasteiger charge is -2.31. The lowest BCUT2D eigenvalue weighted by atomic mass is 9.97. The van der Waals surface area contributed by atoms with Crippen molar-refractivity contribution in [2.24, 2.45) is 0 Å². The largest absolute Gasteiger partial charge is 0.434 e. The van der Waals surface area contributed by atoms with E-state index in [1.807, 2.05) is 12.1 Å². The summed E-state index contributed by atoms with van der Waals surface area (Å²) >= 11 is 0. The van der Waals surface area contributed by atoms with Crippen LogP contribution in [-0.2, 0) is 6.42 Å². The van der Waals surface area contributed by atoms with Crippen molar-refractivity contribution >= 4 is 5.82 Å². The van der Waals surface area contributed by atoms with Gasteiger partial charge in [-0.05, 0) is 31.4 Å². The molecular formula is C18H20N6O2. The van der Waals surface area contributed by atoms with Gasteiger partial charge in [0.1, 0.15) is 5.82 Å². The molecule has 0 saturated carbocycles. The normalized spacial score (nSPS) is 15.3. The molecule has 1 aliphatic heterocycles. The molecule has 0 atom stereocenters. The highest BCUT2D eigenvalue weighted by molar-refractivity contribution is 5.57. The highest BCUT2D eigenvalue weighted by Gasteiger charge is 2.25. The van der Waals surface area contributed by atoms with E-state index in [0.717, 1.165) is 55.3 Å². The van der Waals surface area contributed by atoms with Gasteiger partial charge in [-0.25, -0.2) is 19.9 Å². The summed E-state index contributed by atoms with van der Waals surface area (Å²) in [6, 6.07) is 5.90. The van der Waals surface area contributed by atoms with E-state index in [1.165, 1.54) is 0 Å². The zero-order valence-electron chi connectivity index (χ0n) is 14.6. The molecule has 8 heteroatoms. The second-order valence-electron chi connectivity index (χ2n) is 6.34. The summed E-state index contributed by atoms with van der Waals surface area (Å²) in [5.41, 5.74) is 1.98. The van der Waals surface area contributed by atoms with Gasteiger partial charge in [0.2, 0.25) is 5.89 Å². The van der Waals surface area contributed by atoms with Crippen molar-refractivity contribution in [3.8, 4) is 11.4 Å². The molecule has 1 aliphatic rings. The standard InChI is InChI=1S/C18H20N6O2/c1-2-14-11-15(21-16(20-14)12-3-7-19-8-4-12)24-9-5-13(6-10-24)17-22-23-18(25)26-17/h3-4,7-8,11,13H,2,5-6,9-10H2,1H3,(H,23,25). The van der Waals surface area contributed by atoms with Crippen LogP contribution in [0.1, 0.15) is 37.3 Å². The van der Waals surface area contributed by atoms with Crippen LogP contribution in [0.2, 0.25) is 0 Å². The minimum Gasteiger partial charge on any atom is -0.392 e. The predicted molar refractivity (Wildman–Crippen MR) is 96.0 cm³/mol.